The molecule has 0 aliphatic heterocycles. The van der Waals surface area contributed by atoms with E-state index in [9.17, 15) is 0 Å². The maximum atomic E-state index is 4.12. The van der Waals surface area contributed by atoms with Crippen LogP contribution in [-0.4, -0.2) is 0 Å². The molecule has 0 nitrogen and oxygen atoms in total. The van der Waals surface area contributed by atoms with E-state index in [0.717, 1.165) is 22.3 Å². The molecule has 1 aromatic rings. The monoisotopic (exact) mass is 394 g/mol. The zero-order valence-corrected chi connectivity index (χ0v) is 20.8. The summed E-state index contributed by atoms with van der Waals surface area (Å²) in [7, 11) is 0. The minimum absolute atomic E-state index is 0.987. The number of allylic oxidation sites excluding steroid dienone is 8. The minimum Gasteiger partial charge on any atom is -0.100 e. The fourth-order valence-electron chi connectivity index (χ4n) is 2.30. The first-order valence-corrected chi connectivity index (χ1v) is 10.8. The van der Waals surface area contributed by atoms with Crippen LogP contribution in [0.2, 0.25) is 0 Å². The Hall–Kier alpha value is -2.34. The highest BCUT2D eigenvalue weighted by molar-refractivity contribution is 5.81. The molecule has 0 aliphatic carbocycles. The summed E-state index contributed by atoms with van der Waals surface area (Å²) in [5.74, 6) is 0. The van der Waals surface area contributed by atoms with Crippen molar-refractivity contribution in [1.82, 2.24) is 0 Å². The Morgan fingerprint density at radius 1 is 0.931 bits per heavy atom. The lowest BCUT2D eigenvalue weighted by atomic mass is 9.93. The van der Waals surface area contributed by atoms with Crippen molar-refractivity contribution in [3.05, 3.63) is 102 Å². The number of benzene rings is 1. The van der Waals surface area contributed by atoms with Crippen molar-refractivity contribution in [3.63, 3.8) is 0 Å². The standard InChI is InChI=1S/C19H22.C6H12.2C2H6/c1-7-10-15(4)17(6)13-19(14(2)3)18-12-9-8-11-16(18)5;1-4-5-6(2)3;2*1-2/h7-13H,1-2,6H2,3-5H3;2,4-5H2,1,3H3;2*1-2H3/b15-10+,19-13-;;;. The predicted octanol–water partition coefficient (Wildman–Crippen LogP) is 10.1. The summed E-state index contributed by atoms with van der Waals surface area (Å²) in [6, 6.07) is 8.33. The van der Waals surface area contributed by atoms with Crippen LogP contribution in [0.4, 0.5) is 0 Å². The van der Waals surface area contributed by atoms with Gasteiger partial charge >= 0.3 is 0 Å². The van der Waals surface area contributed by atoms with Crippen molar-refractivity contribution < 1.29 is 0 Å². The first-order valence-electron chi connectivity index (χ1n) is 10.8. The van der Waals surface area contributed by atoms with Crippen LogP contribution in [-0.2, 0) is 0 Å². The van der Waals surface area contributed by atoms with E-state index in [4.69, 9.17) is 0 Å². The Kier molecular flexibility index (Phi) is 22.1. The molecule has 0 unspecified atom stereocenters. The van der Waals surface area contributed by atoms with Gasteiger partial charge in [0.15, 0.2) is 0 Å². The molecule has 0 bridgehead atoms. The molecular formula is C29H46. The van der Waals surface area contributed by atoms with E-state index in [1.54, 1.807) is 6.08 Å². The molecule has 0 N–H and O–H groups in total. The summed E-state index contributed by atoms with van der Waals surface area (Å²) in [5.41, 5.74) is 8.03. The van der Waals surface area contributed by atoms with Crippen molar-refractivity contribution in [1.29, 1.82) is 0 Å². The highest BCUT2D eigenvalue weighted by Crippen LogP contribution is 2.27. The second-order valence-corrected chi connectivity index (χ2v) is 6.47. The lowest BCUT2D eigenvalue weighted by molar-refractivity contribution is 0.910. The molecular weight excluding hydrogens is 348 g/mol. The maximum absolute atomic E-state index is 4.12. The summed E-state index contributed by atoms with van der Waals surface area (Å²) in [6.45, 7) is 34.1. The molecule has 29 heavy (non-hydrogen) atoms. The molecule has 0 saturated carbocycles. The van der Waals surface area contributed by atoms with Gasteiger partial charge in [0, 0.05) is 0 Å². The summed E-state index contributed by atoms with van der Waals surface area (Å²) in [4.78, 5) is 0. The van der Waals surface area contributed by atoms with Gasteiger partial charge in [0.1, 0.15) is 0 Å². The topological polar surface area (TPSA) is 0 Å². The SMILES string of the molecule is C=C(C)CCC.C=C/C=C(\C)C(=C)/C=C(/C(=C)C)c1ccccc1C.CC.CC. The normalized spacial score (nSPS) is 10.1. The van der Waals surface area contributed by atoms with E-state index in [1.165, 1.54) is 29.5 Å². The van der Waals surface area contributed by atoms with Gasteiger partial charge in [-0.3, -0.25) is 0 Å². The van der Waals surface area contributed by atoms with Crippen molar-refractivity contribution in [2.45, 2.75) is 75.2 Å². The van der Waals surface area contributed by atoms with Gasteiger partial charge in [0.25, 0.3) is 0 Å². The molecule has 0 heteroatoms. The molecule has 0 atom stereocenters. The Morgan fingerprint density at radius 2 is 1.45 bits per heavy atom. The van der Waals surface area contributed by atoms with Crippen molar-refractivity contribution in [2.75, 3.05) is 0 Å². The Bertz CT molecular complexity index is 678. The number of rotatable bonds is 7. The summed E-state index contributed by atoms with van der Waals surface area (Å²) in [5, 5.41) is 0. The number of hydrogen-bond donors (Lipinski definition) is 0. The molecule has 1 aromatic carbocycles. The van der Waals surface area contributed by atoms with Crippen LogP contribution >= 0.6 is 0 Å². The fraction of sp³-hybridized carbons (Fsp3) is 0.379. The molecule has 0 spiro atoms. The fourth-order valence-corrected chi connectivity index (χ4v) is 2.30. The second kappa shape index (κ2) is 20.4. The molecule has 0 saturated heterocycles. The number of hydrogen-bond acceptors (Lipinski definition) is 0. The molecule has 0 heterocycles. The van der Waals surface area contributed by atoms with Crippen LogP contribution < -0.4 is 0 Å². The van der Waals surface area contributed by atoms with E-state index >= 15 is 0 Å². The van der Waals surface area contributed by atoms with Crippen LogP contribution in [0.25, 0.3) is 5.57 Å². The van der Waals surface area contributed by atoms with Gasteiger partial charge in [-0.1, -0.05) is 108 Å². The highest BCUT2D eigenvalue weighted by Gasteiger charge is 2.06. The zero-order chi connectivity index (χ0) is 23.4. The van der Waals surface area contributed by atoms with Gasteiger partial charge in [-0.15, -0.1) is 6.58 Å². The Labute approximate surface area is 183 Å². The van der Waals surface area contributed by atoms with Gasteiger partial charge in [-0.25, -0.2) is 0 Å². The van der Waals surface area contributed by atoms with Gasteiger partial charge in [0.05, 0.1) is 0 Å². The van der Waals surface area contributed by atoms with Gasteiger partial charge < -0.3 is 0 Å². The Balaban J connectivity index is -0.000000570. The van der Waals surface area contributed by atoms with Gasteiger partial charge in [-0.05, 0) is 68.0 Å². The molecule has 0 aromatic heterocycles. The lowest BCUT2D eigenvalue weighted by Crippen LogP contribution is -1.91. The van der Waals surface area contributed by atoms with Gasteiger partial charge in [-0.2, -0.15) is 0 Å². The largest absolute Gasteiger partial charge is 0.100 e. The first-order chi connectivity index (χ1) is 13.7. The van der Waals surface area contributed by atoms with E-state index in [0.29, 0.717) is 0 Å². The van der Waals surface area contributed by atoms with Crippen LogP contribution in [0.15, 0.2) is 91.1 Å². The third kappa shape index (κ3) is 15.3. The van der Waals surface area contributed by atoms with Crippen LogP contribution in [0, 0.1) is 6.92 Å². The van der Waals surface area contributed by atoms with E-state index in [2.05, 4.69) is 65.3 Å². The van der Waals surface area contributed by atoms with Crippen molar-refractivity contribution in [3.8, 4) is 0 Å². The average Bonchev–Trinajstić information content (AvgIpc) is 2.70. The van der Waals surface area contributed by atoms with E-state index < -0.39 is 0 Å². The molecule has 0 aliphatic rings. The quantitative estimate of drug-likeness (QED) is 0.319. The smallest absolute Gasteiger partial charge is 0.0152 e. The molecule has 0 fully saturated rings. The molecule has 1 rings (SSSR count). The third-order valence-corrected chi connectivity index (χ3v) is 3.76. The third-order valence-electron chi connectivity index (χ3n) is 3.76. The van der Waals surface area contributed by atoms with E-state index in [1.807, 2.05) is 59.8 Å². The maximum Gasteiger partial charge on any atom is -0.0152 e. The average molecular weight is 395 g/mol. The summed E-state index contributed by atoms with van der Waals surface area (Å²) in [6.07, 6.45) is 8.25. The van der Waals surface area contributed by atoms with Crippen LogP contribution in [0.5, 0.6) is 0 Å². The Morgan fingerprint density at radius 3 is 1.79 bits per heavy atom. The zero-order valence-electron chi connectivity index (χ0n) is 20.8. The minimum atomic E-state index is 0.987. The number of aryl methyl sites for hydroxylation is 1. The van der Waals surface area contributed by atoms with Crippen LogP contribution in [0.1, 0.15) is 79.4 Å². The van der Waals surface area contributed by atoms with Crippen molar-refractivity contribution in [2.24, 2.45) is 0 Å². The molecule has 0 amide bonds. The lowest BCUT2D eigenvalue weighted by Gasteiger charge is -2.12. The second-order valence-electron chi connectivity index (χ2n) is 6.47. The van der Waals surface area contributed by atoms with Gasteiger partial charge in [0.2, 0.25) is 0 Å². The molecule has 162 valence electrons. The van der Waals surface area contributed by atoms with Crippen LogP contribution in [0.3, 0.4) is 0 Å². The van der Waals surface area contributed by atoms with E-state index in [-0.39, 0.29) is 0 Å². The summed E-state index contributed by atoms with van der Waals surface area (Å²) < 4.78 is 0. The highest BCUT2D eigenvalue weighted by atomic mass is 14.1. The first kappa shape index (κ1) is 31.4. The predicted molar refractivity (Wildman–Crippen MR) is 139 cm³/mol. The molecule has 0 radical (unpaired) electrons. The van der Waals surface area contributed by atoms with Crippen molar-refractivity contribution >= 4 is 5.57 Å². The summed E-state index contributed by atoms with van der Waals surface area (Å²) >= 11 is 0.